The fourth-order valence-corrected chi connectivity index (χ4v) is 15.1. The molecule has 0 aliphatic rings. The van der Waals surface area contributed by atoms with Gasteiger partial charge in [-0.15, -0.1) is 9.35 Å². The van der Waals surface area contributed by atoms with Gasteiger partial charge in [0.2, 0.25) is 22.1 Å². The van der Waals surface area contributed by atoms with Crippen molar-refractivity contribution in [2.75, 3.05) is 37.0 Å². The monoisotopic (exact) mass is 1030 g/mol. The van der Waals surface area contributed by atoms with Crippen molar-refractivity contribution in [1.82, 2.24) is 0 Å². The number of hydrogen-bond acceptors (Lipinski definition) is 10. The smallest absolute Gasteiger partial charge is 0.378 e. The molecule has 0 heterocycles. The second-order valence-electron chi connectivity index (χ2n) is 20.1. The maximum Gasteiger partial charge on any atom is 0.378 e. The highest BCUT2D eigenvalue weighted by Gasteiger charge is 2.34. The van der Waals surface area contributed by atoms with Crippen molar-refractivity contribution in [1.29, 1.82) is 0 Å². The number of hydrogen-bond donors (Lipinski definition) is 0. The maximum atomic E-state index is 15.0. The summed E-state index contributed by atoms with van der Waals surface area (Å²) in [6.07, 6.45) is 38.1. The second kappa shape index (κ2) is 43.0. The van der Waals surface area contributed by atoms with E-state index in [2.05, 4.69) is 41.5 Å². The molecule has 1 aromatic rings. The molecule has 404 valence electrons. The van der Waals surface area contributed by atoms with E-state index in [4.69, 9.17) is 23.6 Å². The van der Waals surface area contributed by atoms with E-state index >= 15 is 0 Å². The molecule has 1 aromatic carbocycles. The zero-order chi connectivity index (χ0) is 50.7. The largest absolute Gasteiger partial charge is 0.442 e. The Kier molecular flexibility index (Phi) is 40.9. The van der Waals surface area contributed by atoms with Crippen molar-refractivity contribution in [3.05, 3.63) is 29.3 Å². The van der Waals surface area contributed by atoms with Crippen LogP contribution in [0.3, 0.4) is 0 Å². The molecule has 0 unspecified atom stereocenters. The van der Waals surface area contributed by atoms with Gasteiger partial charge in [-0.1, -0.05) is 240 Å². The van der Waals surface area contributed by atoms with Gasteiger partial charge in [-0.3, -0.25) is 23.5 Å². The molecule has 0 bridgehead atoms. The molecule has 69 heavy (non-hydrogen) atoms. The van der Waals surface area contributed by atoms with E-state index in [1.54, 1.807) is 6.07 Å². The van der Waals surface area contributed by atoms with Gasteiger partial charge in [0, 0.05) is 37.0 Å². The zero-order valence-electron chi connectivity index (χ0n) is 45.4. The zero-order valence-corrected chi connectivity index (χ0v) is 48.0. The van der Waals surface area contributed by atoms with Gasteiger partial charge in [0.25, 0.3) is 0 Å². The first-order valence-corrected chi connectivity index (χ1v) is 34.8. The molecule has 0 radical (unpaired) electrons. The van der Waals surface area contributed by atoms with E-state index < -0.39 is 34.0 Å². The van der Waals surface area contributed by atoms with Gasteiger partial charge in [-0.05, 0) is 50.7 Å². The normalized spacial score (nSPS) is 12.1. The summed E-state index contributed by atoms with van der Waals surface area (Å²) in [5.41, 5.74) is -0.580. The molecule has 0 atom stereocenters. The number of benzene rings is 1. The highest BCUT2D eigenvalue weighted by molar-refractivity contribution is 7.59. The van der Waals surface area contributed by atoms with Gasteiger partial charge in [-0.25, -0.2) is 9.59 Å². The molecule has 0 aromatic heterocycles. The van der Waals surface area contributed by atoms with Gasteiger partial charge >= 0.3 is 11.9 Å². The van der Waals surface area contributed by atoms with Gasteiger partial charge in [-0.2, -0.15) is 0 Å². The quantitative estimate of drug-likeness (QED) is 0.0269. The first-order chi connectivity index (χ1) is 33.5. The van der Waals surface area contributed by atoms with Crippen LogP contribution < -0.4 is 4.52 Å². The van der Waals surface area contributed by atoms with E-state index in [1.807, 2.05) is 0 Å². The predicted octanol–water partition coefficient (Wildman–Crippen LogP) is 20.2. The topological polar surface area (TPSA) is 132 Å². The molecule has 0 N–H and O–H groups in total. The molecule has 0 aliphatic heterocycles. The summed E-state index contributed by atoms with van der Waals surface area (Å²) in [5, 5.41) is 0. The molecule has 0 spiro atoms. The lowest BCUT2D eigenvalue weighted by Gasteiger charge is -2.23. The van der Waals surface area contributed by atoms with Crippen molar-refractivity contribution >= 4 is 34.0 Å². The van der Waals surface area contributed by atoms with E-state index in [0.29, 0.717) is 63.2 Å². The summed E-state index contributed by atoms with van der Waals surface area (Å²) in [6, 6.07) is 4.48. The Morgan fingerprint density at radius 2 is 0.609 bits per heavy atom. The van der Waals surface area contributed by atoms with Crippen LogP contribution in [0.1, 0.15) is 293 Å². The van der Waals surface area contributed by atoms with Crippen LogP contribution in [0.5, 0.6) is 5.75 Å². The third-order valence-corrected chi connectivity index (χ3v) is 20.5. The Morgan fingerprint density at radius 1 is 0.348 bits per heavy atom. The van der Waals surface area contributed by atoms with Gasteiger partial charge in [0.05, 0.1) is 5.56 Å². The lowest BCUT2D eigenvalue weighted by atomic mass is 10.1. The average molecular weight is 1030 g/mol. The van der Waals surface area contributed by atoms with Crippen LogP contribution in [0, 0.1) is 0 Å². The summed E-state index contributed by atoms with van der Waals surface area (Å²) in [4.78, 5) is 39.8. The molecule has 0 saturated heterocycles. The van der Waals surface area contributed by atoms with Crippen LogP contribution >= 0.6 is 22.1 Å². The number of rotatable bonds is 50. The first-order valence-electron chi connectivity index (χ1n) is 28.8. The van der Waals surface area contributed by atoms with Crippen molar-refractivity contribution in [3.63, 3.8) is 0 Å². The highest BCUT2D eigenvalue weighted by Crippen LogP contribution is 2.53. The summed E-state index contributed by atoms with van der Waals surface area (Å²) in [5.74, 6) is -2.21. The number of carbonyl (C=O) groups excluding carboxylic acids is 2. The van der Waals surface area contributed by atoms with Crippen LogP contribution in [-0.2, 0) is 32.8 Å². The lowest BCUT2D eigenvalue weighted by molar-refractivity contribution is -0.150. The van der Waals surface area contributed by atoms with Crippen LogP contribution in [0.25, 0.3) is 0 Å². The van der Waals surface area contributed by atoms with E-state index in [1.165, 1.54) is 12.1 Å². The Labute approximate surface area is 424 Å². The lowest BCUT2D eigenvalue weighted by Crippen LogP contribution is -2.17. The van der Waals surface area contributed by atoms with Crippen molar-refractivity contribution in [2.45, 2.75) is 273 Å². The highest BCUT2D eigenvalue weighted by atomic mass is 31.2. The fourth-order valence-electron chi connectivity index (χ4n) is 8.83. The molecular weight excluding hydrogens is 926 g/mol. The third-order valence-electron chi connectivity index (χ3n) is 13.3. The molecule has 13 heteroatoms. The van der Waals surface area contributed by atoms with E-state index in [0.717, 1.165) is 193 Å². The van der Waals surface area contributed by atoms with Gasteiger partial charge in [0.1, 0.15) is 11.3 Å². The Balaban J connectivity index is 3.61. The minimum absolute atomic E-state index is 0.0811. The first kappa shape index (κ1) is 65.6. The van der Waals surface area contributed by atoms with Gasteiger partial charge in [0.15, 0.2) is 0 Å². The van der Waals surface area contributed by atoms with Crippen LogP contribution in [0.2, 0.25) is 0 Å². The summed E-state index contributed by atoms with van der Waals surface area (Å²) >= 11 is 0. The summed E-state index contributed by atoms with van der Waals surface area (Å²) < 4.78 is 61.9. The summed E-state index contributed by atoms with van der Waals surface area (Å²) in [7, 11) is -10.2. The molecule has 0 fully saturated rings. The van der Waals surface area contributed by atoms with E-state index in [-0.39, 0.29) is 29.2 Å². The predicted molar refractivity (Wildman–Crippen MR) is 292 cm³/mol. The standard InChI is InChI=1S/C56H105O10P3/c1-7-13-19-25-31-37-46-67(59,47-38-32-26-20-14-8-2)64-53-45-43-44-52(55(57)62-65-68(60,48-39-33-27-21-15-9-3)49-40-34-28-22-16-10-4)54(53)56(58)63-66-69(61,50-41-35-29-23-17-11-5)51-42-36-30-24-18-12-6/h43-45H,7-42,46-51H2,1-6H3. The van der Waals surface area contributed by atoms with Crippen molar-refractivity contribution in [3.8, 4) is 5.75 Å². The molecule has 10 nitrogen and oxygen atoms in total. The molecular formula is C56H105O10P3. The SMILES string of the molecule is CCCCCCCCP(=O)(CCCCCCCC)OOC(=O)c1cccc(OP(=O)(CCCCCCCC)CCCCCCCC)c1C(=O)OOP(=O)(CCCCCCCC)CCCCCCCC. The average Bonchev–Trinajstić information content (AvgIpc) is 3.34. The minimum atomic E-state index is -3.44. The van der Waals surface area contributed by atoms with Crippen LogP contribution in [0.4, 0.5) is 0 Å². The minimum Gasteiger partial charge on any atom is -0.442 e. The van der Waals surface area contributed by atoms with Crippen LogP contribution in [-0.4, -0.2) is 48.9 Å². The van der Waals surface area contributed by atoms with E-state index in [9.17, 15) is 23.3 Å². The second-order valence-corrected chi connectivity index (χ2v) is 28.1. The Morgan fingerprint density at radius 3 is 0.913 bits per heavy atom. The van der Waals surface area contributed by atoms with Crippen molar-refractivity contribution in [2.24, 2.45) is 0 Å². The third kappa shape index (κ3) is 33.1. The molecule has 0 amide bonds. The molecule has 0 aliphatic carbocycles. The maximum absolute atomic E-state index is 15.0. The van der Waals surface area contributed by atoms with Gasteiger partial charge < -0.3 is 4.52 Å². The van der Waals surface area contributed by atoms with Crippen LogP contribution in [0.15, 0.2) is 18.2 Å². The molecule has 0 saturated carbocycles. The number of unbranched alkanes of at least 4 members (excludes halogenated alkanes) is 30. The Bertz CT molecular complexity index is 1510. The number of carbonyl (C=O) groups is 2. The molecule has 1 rings (SSSR count). The fraction of sp³-hybridized carbons (Fsp3) is 0.857. The van der Waals surface area contributed by atoms with Crippen molar-refractivity contribution < 1.29 is 46.9 Å². The summed E-state index contributed by atoms with van der Waals surface area (Å²) in [6.45, 7) is 13.1. The Hall–Kier alpha value is -1.43.